The summed E-state index contributed by atoms with van der Waals surface area (Å²) in [6.45, 7) is 7.01. The Labute approximate surface area is 134 Å². The summed E-state index contributed by atoms with van der Waals surface area (Å²) >= 11 is 2.33. The average Bonchev–Trinajstić information content (AvgIpc) is 2.37. The van der Waals surface area contributed by atoms with Gasteiger partial charge in [0.25, 0.3) is 0 Å². The molecule has 0 aliphatic rings. The first-order valence-corrected chi connectivity index (χ1v) is 7.88. The SMILES string of the molecule is Cc1cc(I)ccc1NCc1cccc(OC(C)C)c1. The molecular weight excluding hydrogens is 361 g/mol. The number of nitrogens with one attached hydrogen (secondary N) is 1. The minimum absolute atomic E-state index is 0.205. The van der Waals surface area contributed by atoms with Crippen LogP contribution in [0.1, 0.15) is 25.0 Å². The van der Waals surface area contributed by atoms with Crippen LogP contribution in [0.25, 0.3) is 0 Å². The Kier molecular flexibility index (Phi) is 5.29. The molecule has 0 radical (unpaired) electrons. The van der Waals surface area contributed by atoms with Crippen molar-refractivity contribution in [3.8, 4) is 5.75 Å². The molecule has 0 saturated carbocycles. The van der Waals surface area contributed by atoms with E-state index < -0.39 is 0 Å². The molecule has 2 aromatic carbocycles. The molecule has 20 heavy (non-hydrogen) atoms. The number of ether oxygens (including phenoxy) is 1. The fourth-order valence-corrected chi connectivity index (χ4v) is 2.67. The molecule has 0 heterocycles. The fourth-order valence-electron chi connectivity index (χ4n) is 2.02. The quantitative estimate of drug-likeness (QED) is 0.736. The van der Waals surface area contributed by atoms with Gasteiger partial charge in [0, 0.05) is 15.8 Å². The summed E-state index contributed by atoms with van der Waals surface area (Å²) in [6.07, 6.45) is 0.205. The molecule has 3 heteroatoms. The maximum absolute atomic E-state index is 5.72. The summed E-state index contributed by atoms with van der Waals surface area (Å²) < 4.78 is 6.98. The Balaban J connectivity index is 2.03. The van der Waals surface area contributed by atoms with E-state index in [9.17, 15) is 0 Å². The lowest BCUT2D eigenvalue weighted by Crippen LogP contribution is -2.06. The Hall–Kier alpha value is -1.23. The van der Waals surface area contributed by atoms with Crippen molar-refractivity contribution in [2.24, 2.45) is 0 Å². The zero-order valence-electron chi connectivity index (χ0n) is 12.1. The van der Waals surface area contributed by atoms with Crippen molar-refractivity contribution in [3.63, 3.8) is 0 Å². The van der Waals surface area contributed by atoms with Crippen LogP contribution in [0, 0.1) is 10.5 Å². The number of benzene rings is 2. The minimum atomic E-state index is 0.205. The summed E-state index contributed by atoms with van der Waals surface area (Å²) in [5, 5.41) is 3.48. The van der Waals surface area contributed by atoms with Gasteiger partial charge in [-0.15, -0.1) is 0 Å². The highest BCUT2D eigenvalue weighted by molar-refractivity contribution is 14.1. The first kappa shape index (κ1) is 15.2. The Morgan fingerprint density at radius 3 is 2.65 bits per heavy atom. The number of hydrogen-bond donors (Lipinski definition) is 1. The van der Waals surface area contributed by atoms with Crippen LogP contribution in [0.2, 0.25) is 0 Å². The van der Waals surface area contributed by atoms with Crippen LogP contribution in [-0.2, 0) is 6.54 Å². The van der Waals surface area contributed by atoms with Crippen LogP contribution >= 0.6 is 22.6 Å². The third kappa shape index (κ3) is 4.40. The second kappa shape index (κ2) is 6.97. The lowest BCUT2D eigenvalue weighted by atomic mass is 10.1. The second-order valence-electron chi connectivity index (χ2n) is 5.13. The van der Waals surface area contributed by atoms with E-state index in [1.54, 1.807) is 0 Å². The van der Waals surface area contributed by atoms with Crippen molar-refractivity contribution in [1.29, 1.82) is 0 Å². The number of aryl methyl sites for hydroxylation is 1. The Morgan fingerprint density at radius 2 is 1.95 bits per heavy atom. The van der Waals surface area contributed by atoms with Gasteiger partial charge in [0.2, 0.25) is 0 Å². The molecule has 0 bridgehead atoms. The van der Waals surface area contributed by atoms with Crippen LogP contribution < -0.4 is 10.1 Å². The van der Waals surface area contributed by atoms with Gasteiger partial charge in [-0.2, -0.15) is 0 Å². The van der Waals surface area contributed by atoms with Gasteiger partial charge in [-0.25, -0.2) is 0 Å². The van der Waals surface area contributed by atoms with Crippen LogP contribution in [0.4, 0.5) is 5.69 Å². The molecule has 0 spiro atoms. The van der Waals surface area contributed by atoms with E-state index in [4.69, 9.17) is 4.74 Å². The van der Waals surface area contributed by atoms with Gasteiger partial charge in [0.05, 0.1) is 6.10 Å². The van der Waals surface area contributed by atoms with Gasteiger partial charge in [-0.1, -0.05) is 12.1 Å². The first-order chi connectivity index (χ1) is 9.54. The smallest absolute Gasteiger partial charge is 0.120 e. The standard InChI is InChI=1S/C17H20INO/c1-12(2)20-16-6-4-5-14(10-16)11-19-17-8-7-15(18)9-13(17)3/h4-10,12,19H,11H2,1-3H3. The maximum atomic E-state index is 5.72. The topological polar surface area (TPSA) is 21.3 Å². The first-order valence-electron chi connectivity index (χ1n) is 6.80. The number of anilines is 1. The molecule has 0 aromatic heterocycles. The van der Waals surface area contributed by atoms with Crippen molar-refractivity contribution in [1.82, 2.24) is 0 Å². The number of rotatable bonds is 5. The Bertz CT molecular complexity index is 581. The molecule has 0 saturated heterocycles. The lowest BCUT2D eigenvalue weighted by Gasteiger charge is -2.13. The van der Waals surface area contributed by atoms with Crippen molar-refractivity contribution in [2.45, 2.75) is 33.4 Å². The minimum Gasteiger partial charge on any atom is -0.491 e. The van der Waals surface area contributed by atoms with Gasteiger partial charge in [0.1, 0.15) is 5.75 Å². The van der Waals surface area contributed by atoms with Crippen molar-refractivity contribution >= 4 is 28.3 Å². The molecule has 0 amide bonds. The van der Waals surface area contributed by atoms with E-state index in [-0.39, 0.29) is 6.10 Å². The molecule has 0 unspecified atom stereocenters. The molecule has 0 aliphatic heterocycles. The third-order valence-electron chi connectivity index (χ3n) is 2.94. The zero-order chi connectivity index (χ0) is 14.5. The van der Waals surface area contributed by atoms with Gasteiger partial charge in [0.15, 0.2) is 0 Å². The predicted octanol–water partition coefficient (Wildman–Crippen LogP) is 5.00. The van der Waals surface area contributed by atoms with E-state index in [0.29, 0.717) is 0 Å². The second-order valence-corrected chi connectivity index (χ2v) is 6.37. The van der Waals surface area contributed by atoms with Gasteiger partial charge in [-0.05, 0) is 84.8 Å². The van der Waals surface area contributed by atoms with Crippen molar-refractivity contribution in [3.05, 3.63) is 57.2 Å². The van der Waals surface area contributed by atoms with Gasteiger partial charge >= 0.3 is 0 Å². The molecule has 2 aromatic rings. The molecule has 0 fully saturated rings. The molecule has 1 N–H and O–H groups in total. The maximum Gasteiger partial charge on any atom is 0.120 e. The third-order valence-corrected chi connectivity index (χ3v) is 3.61. The largest absolute Gasteiger partial charge is 0.491 e. The zero-order valence-corrected chi connectivity index (χ0v) is 14.3. The van der Waals surface area contributed by atoms with Crippen molar-refractivity contribution < 1.29 is 4.74 Å². The van der Waals surface area contributed by atoms with Crippen LogP contribution in [0.15, 0.2) is 42.5 Å². The molecule has 106 valence electrons. The molecule has 0 aliphatic carbocycles. The highest BCUT2D eigenvalue weighted by Crippen LogP contribution is 2.20. The average molecular weight is 381 g/mol. The molecular formula is C17H20INO. The molecule has 0 atom stereocenters. The van der Waals surface area contributed by atoms with Crippen LogP contribution in [0.3, 0.4) is 0 Å². The Morgan fingerprint density at radius 1 is 1.15 bits per heavy atom. The van der Waals surface area contributed by atoms with Gasteiger partial charge < -0.3 is 10.1 Å². The van der Waals surface area contributed by atoms with E-state index in [1.165, 1.54) is 20.4 Å². The lowest BCUT2D eigenvalue weighted by molar-refractivity contribution is 0.242. The summed E-state index contributed by atoms with van der Waals surface area (Å²) in [4.78, 5) is 0. The predicted molar refractivity (Wildman–Crippen MR) is 93.4 cm³/mol. The highest BCUT2D eigenvalue weighted by Gasteiger charge is 2.01. The van der Waals surface area contributed by atoms with Crippen LogP contribution in [-0.4, -0.2) is 6.10 Å². The molecule has 2 nitrogen and oxygen atoms in total. The number of hydrogen-bond acceptors (Lipinski definition) is 2. The van der Waals surface area contributed by atoms with E-state index in [1.807, 2.05) is 26.0 Å². The summed E-state index contributed by atoms with van der Waals surface area (Å²) in [7, 11) is 0. The highest BCUT2D eigenvalue weighted by atomic mass is 127. The fraction of sp³-hybridized carbons (Fsp3) is 0.294. The summed E-state index contributed by atoms with van der Waals surface area (Å²) in [6, 6.07) is 14.7. The normalized spacial score (nSPS) is 10.7. The summed E-state index contributed by atoms with van der Waals surface area (Å²) in [5.41, 5.74) is 3.67. The molecule has 2 rings (SSSR count). The number of halogens is 1. The monoisotopic (exact) mass is 381 g/mol. The van der Waals surface area contributed by atoms with Crippen LogP contribution in [0.5, 0.6) is 5.75 Å². The van der Waals surface area contributed by atoms with Crippen molar-refractivity contribution in [2.75, 3.05) is 5.32 Å². The van der Waals surface area contributed by atoms with E-state index >= 15 is 0 Å². The van der Waals surface area contributed by atoms with E-state index in [2.05, 4.69) is 65.2 Å². The van der Waals surface area contributed by atoms with E-state index in [0.717, 1.165) is 12.3 Å². The van der Waals surface area contributed by atoms with Gasteiger partial charge in [-0.3, -0.25) is 0 Å². The summed E-state index contributed by atoms with van der Waals surface area (Å²) in [5.74, 6) is 0.929.